The fraction of sp³-hybridized carbons (Fsp3) is 0.368. The largest absolute Gasteiger partial charge is 0.416 e. The highest BCUT2D eigenvalue weighted by Gasteiger charge is 2.32. The minimum absolute atomic E-state index is 0.217. The number of hydrogen-bond donors (Lipinski definition) is 1. The molecule has 0 unspecified atom stereocenters. The first-order chi connectivity index (χ1) is 12.3. The number of rotatable bonds is 4. The van der Waals surface area contributed by atoms with E-state index in [2.05, 4.69) is 10.2 Å². The Morgan fingerprint density at radius 1 is 1.04 bits per heavy atom. The summed E-state index contributed by atoms with van der Waals surface area (Å²) in [5.74, 6) is 0.240. The van der Waals surface area contributed by atoms with Crippen molar-refractivity contribution in [2.75, 3.05) is 20.1 Å². The molecule has 2 aromatic carbocycles. The number of hydrogen-bond acceptors (Lipinski definition) is 2. The van der Waals surface area contributed by atoms with Crippen LogP contribution in [0.25, 0.3) is 0 Å². The summed E-state index contributed by atoms with van der Waals surface area (Å²) in [6.45, 7) is 2.20. The summed E-state index contributed by atoms with van der Waals surface area (Å²) in [5.41, 5.74) is 1.33. The zero-order chi connectivity index (χ0) is 18.9. The lowest BCUT2D eigenvalue weighted by Crippen LogP contribution is -2.36. The third kappa shape index (κ3) is 4.34. The second-order valence-corrected chi connectivity index (χ2v) is 7.43. The summed E-state index contributed by atoms with van der Waals surface area (Å²) in [6.07, 6.45) is -4.31. The molecule has 7 heteroatoms. The third-order valence-corrected chi connectivity index (χ3v) is 5.57. The first kappa shape index (κ1) is 19.5. The molecule has 1 aliphatic heterocycles. The highest BCUT2D eigenvalue weighted by Crippen LogP contribution is 2.32. The molecule has 2 atom stereocenters. The maximum absolute atomic E-state index is 12.7. The minimum Gasteiger partial charge on any atom is -0.314 e. The predicted octanol–water partition coefficient (Wildman–Crippen LogP) is 5.20. The highest BCUT2D eigenvalue weighted by molar-refractivity contribution is 6.42. The third-order valence-electron chi connectivity index (χ3n) is 4.83. The van der Waals surface area contributed by atoms with Crippen LogP contribution < -0.4 is 5.32 Å². The van der Waals surface area contributed by atoms with Crippen molar-refractivity contribution in [1.82, 2.24) is 10.2 Å². The van der Waals surface area contributed by atoms with Crippen LogP contribution in [0.3, 0.4) is 0 Å². The van der Waals surface area contributed by atoms with Crippen molar-refractivity contribution in [3.63, 3.8) is 0 Å². The van der Waals surface area contributed by atoms with E-state index in [1.807, 2.05) is 19.2 Å². The number of likely N-dealkylation sites (N-methyl/N-ethyl adjacent to an activating group) is 1. The molecule has 0 aromatic heterocycles. The Bertz CT molecular complexity index is 762. The van der Waals surface area contributed by atoms with Crippen LogP contribution in [0, 0.1) is 0 Å². The number of nitrogens with zero attached hydrogens (tertiary/aromatic N) is 1. The molecule has 1 fully saturated rings. The van der Waals surface area contributed by atoms with Gasteiger partial charge < -0.3 is 5.32 Å². The van der Waals surface area contributed by atoms with Gasteiger partial charge >= 0.3 is 6.18 Å². The first-order valence-electron chi connectivity index (χ1n) is 8.28. The van der Waals surface area contributed by atoms with Gasteiger partial charge in [0.2, 0.25) is 0 Å². The van der Waals surface area contributed by atoms with Gasteiger partial charge in [0, 0.05) is 31.6 Å². The Morgan fingerprint density at radius 3 is 2.35 bits per heavy atom. The van der Waals surface area contributed by atoms with Crippen LogP contribution in [0.4, 0.5) is 13.2 Å². The molecule has 0 amide bonds. The molecule has 140 valence electrons. The minimum atomic E-state index is -4.31. The van der Waals surface area contributed by atoms with E-state index >= 15 is 0 Å². The lowest BCUT2D eigenvalue weighted by molar-refractivity contribution is -0.137. The average molecular weight is 403 g/mol. The average Bonchev–Trinajstić information content (AvgIpc) is 3.07. The van der Waals surface area contributed by atoms with Crippen molar-refractivity contribution >= 4 is 23.2 Å². The lowest BCUT2D eigenvalue weighted by Gasteiger charge is -2.29. The topological polar surface area (TPSA) is 15.3 Å². The van der Waals surface area contributed by atoms with Gasteiger partial charge in [-0.3, -0.25) is 4.90 Å². The van der Waals surface area contributed by atoms with E-state index in [-0.39, 0.29) is 12.0 Å². The highest BCUT2D eigenvalue weighted by atomic mass is 35.5. The van der Waals surface area contributed by atoms with E-state index in [4.69, 9.17) is 23.2 Å². The van der Waals surface area contributed by atoms with Crippen LogP contribution in [0.5, 0.6) is 0 Å². The van der Waals surface area contributed by atoms with Gasteiger partial charge in [-0.05, 0) is 42.4 Å². The summed E-state index contributed by atoms with van der Waals surface area (Å²) in [7, 11) is 1.99. The van der Waals surface area contributed by atoms with E-state index in [1.165, 1.54) is 12.1 Å². The van der Waals surface area contributed by atoms with Crippen LogP contribution in [-0.4, -0.2) is 31.1 Å². The molecule has 0 saturated carbocycles. The van der Waals surface area contributed by atoms with E-state index in [1.54, 1.807) is 6.07 Å². The Morgan fingerprint density at radius 2 is 1.73 bits per heavy atom. The van der Waals surface area contributed by atoms with Gasteiger partial charge in [-0.15, -0.1) is 0 Å². The van der Waals surface area contributed by atoms with Crippen molar-refractivity contribution in [3.8, 4) is 0 Å². The SMILES string of the molecule is CN(Cc1ccc(C(F)(F)F)cc1)[C@H]1CNC[C@@H]1c1ccc(Cl)c(Cl)c1. The van der Waals surface area contributed by atoms with E-state index in [0.29, 0.717) is 16.6 Å². The number of halogens is 5. The van der Waals surface area contributed by atoms with Crippen LogP contribution in [0.2, 0.25) is 10.0 Å². The second-order valence-electron chi connectivity index (χ2n) is 6.62. The molecule has 1 aliphatic rings. The summed E-state index contributed by atoms with van der Waals surface area (Å²) < 4.78 is 38.1. The molecule has 2 nitrogen and oxygen atoms in total. The molecule has 1 N–H and O–H groups in total. The summed E-state index contributed by atoms with van der Waals surface area (Å²) in [4.78, 5) is 2.16. The summed E-state index contributed by atoms with van der Waals surface area (Å²) >= 11 is 12.1. The molecule has 1 saturated heterocycles. The molecule has 0 bridgehead atoms. The molecule has 0 spiro atoms. The quantitative estimate of drug-likeness (QED) is 0.755. The van der Waals surface area contributed by atoms with E-state index in [0.717, 1.165) is 36.3 Å². The summed E-state index contributed by atoms with van der Waals surface area (Å²) in [6, 6.07) is 11.2. The number of alkyl halides is 3. The predicted molar refractivity (Wildman–Crippen MR) is 98.8 cm³/mol. The van der Waals surface area contributed by atoms with Gasteiger partial charge in [-0.25, -0.2) is 0 Å². The van der Waals surface area contributed by atoms with Crippen LogP contribution in [0.1, 0.15) is 22.6 Å². The van der Waals surface area contributed by atoms with Gasteiger partial charge in [-0.1, -0.05) is 41.4 Å². The maximum Gasteiger partial charge on any atom is 0.416 e. The zero-order valence-electron chi connectivity index (χ0n) is 14.2. The van der Waals surface area contributed by atoms with Gasteiger partial charge in [0.15, 0.2) is 0 Å². The normalized spacial score (nSPS) is 20.7. The molecular weight excluding hydrogens is 384 g/mol. The van der Waals surface area contributed by atoms with E-state index in [9.17, 15) is 13.2 Å². The van der Waals surface area contributed by atoms with Crippen molar-refractivity contribution < 1.29 is 13.2 Å². The van der Waals surface area contributed by atoms with Gasteiger partial charge in [0.05, 0.1) is 15.6 Å². The molecular formula is C19H19Cl2F3N2. The zero-order valence-corrected chi connectivity index (χ0v) is 15.7. The van der Waals surface area contributed by atoms with Gasteiger partial charge in [0.1, 0.15) is 0 Å². The monoisotopic (exact) mass is 402 g/mol. The first-order valence-corrected chi connectivity index (χ1v) is 9.03. The Hall–Kier alpha value is -1.27. The van der Waals surface area contributed by atoms with Crippen molar-refractivity contribution in [1.29, 1.82) is 0 Å². The molecule has 0 aliphatic carbocycles. The van der Waals surface area contributed by atoms with Crippen LogP contribution >= 0.6 is 23.2 Å². The fourth-order valence-electron chi connectivity index (χ4n) is 3.42. The Labute approximate surface area is 160 Å². The summed E-state index contributed by atoms with van der Waals surface area (Å²) in [5, 5.41) is 4.44. The second kappa shape index (κ2) is 7.77. The smallest absolute Gasteiger partial charge is 0.314 e. The Balaban J connectivity index is 1.72. The standard InChI is InChI=1S/C19H19Cl2F3N2/c1-26(11-12-2-5-14(6-3-12)19(22,23)24)18-10-25-9-15(18)13-4-7-16(20)17(21)8-13/h2-8,15,18,25H,9-11H2,1H3/t15-,18+/m1/s1. The van der Waals surface area contributed by atoms with Crippen LogP contribution in [-0.2, 0) is 12.7 Å². The van der Waals surface area contributed by atoms with Crippen molar-refractivity contribution in [3.05, 3.63) is 69.2 Å². The van der Waals surface area contributed by atoms with Crippen molar-refractivity contribution in [2.24, 2.45) is 0 Å². The maximum atomic E-state index is 12.7. The molecule has 1 heterocycles. The molecule has 0 radical (unpaired) electrons. The number of benzene rings is 2. The lowest BCUT2D eigenvalue weighted by atomic mass is 9.93. The molecule has 26 heavy (non-hydrogen) atoms. The molecule has 2 aromatic rings. The van der Waals surface area contributed by atoms with E-state index < -0.39 is 11.7 Å². The fourth-order valence-corrected chi connectivity index (χ4v) is 3.72. The molecule has 3 rings (SSSR count). The van der Waals surface area contributed by atoms with Crippen LogP contribution in [0.15, 0.2) is 42.5 Å². The number of nitrogens with one attached hydrogen (secondary N) is 1. The Kier molecular flexibility index (Phi) is 5.82. The van der Waals surface area contributed by atoms with Gasteiger partial charge in [-0.2, -0.15) is 13.2 Å². The van der Waals surface area contributed by atoms with Gasteiger partial charge in [0.25, 0.3) is 0 Å². The van der Waals surface area contributed by atoms with Crippen molar-refractivity contribution in [2.45, 2.75) is 24.7 Å².